The fourth-order valence-corrected chi connectivity index (χ4v) is 3.50. The number of carbonyl (C=O) groups is 1. The van der Waals surface area contributed by atoms with Gasteiger partial charge in [0.25, 0.3) is 5.91 Å². The number of nitrogens with zero attached hydrogens (tertiary/aromatic N) is 4. The van der Waals surface area contributed by atoms with E-state index in [1.54, 1.807) is 29.8 Å². The molecule has 0 unspecified atom stereocenters. The molecule has 4 rings (SSSR count). The zero-order valence-corrected chi connectivity index (χ0v) is 15.2. The van der Waals surface area contributed by atoms with E-state index in [-0.39, 0.29) is 11.9 Å². The summed E-state index contributed by atoms with van der Waals surface area (Å²) in [5.74, 6) is 0.593. The van der Waals surface area contributed by atoms with Crippen molar-refractivity contribution < 1.29 is 9.21 Å². The molecule has 0 atom stereocenters. The van der Waals surface area contributed by atoms with Crippen LogP contribution in [0.2, 0.25) is 5.15 Å². The lowest BCUT2D eigenvalue weighted by molar-refractivity contribution is 0.0907. The molecule has 7 nitrogen and oxygen atoms in total. The summed E-state index contributed by atoms with van der Waals surface area (Å²) in [5.41, 5.74) is 2.47. The first-order chi connectivity index (χ1) is 12.6. The monoisotopic (exact) mass is 373 g/mol. The van der Waals surface area contributed by atoms with Crippen LogP contribution in [0.5, 0.6) is 0 Å². The number of furan rings is 1. The van der Waals surface area contributed by atoms with Crippen LogP contribution in [0.25, 0.3) is 5.65 Å². The molecule has 136 valence electrons. The van der Waals surface area contributed by atoms with E-state index in [2.05, 4.69) is 20.3 Å². The highest BCUT2D eigenvalue weighted by Gasteiger charge is 2.23. The van der Waals surface area contributed by atoms with Gasteiger partial charge in [-0.05, 0) is 31.9 Å². The van der Waals surface area contributed by atoms with Gasteiger partial charge in [-0.25, -0.2) is 9.50 Å². The number of aryl methyl sites for hydroxylation is 1. The standard InChI is InChI=1S/C18H20ClN5O2/c1-12-15(5-9-26-12)18(25)21-14-2-6-23(7-3-14)11-13-10-20-24-8-4-16(19)22-17(13)24/h4-5,8-10,14H,2-3,6-7,11H2,1H3,(H,21,25). The second-order valence-corrected chi connectivity index (χ2v) is 6.99. The molecule has 1 aliphatic heterocycles. The van der Waals surface area contributed by atoms with Gasteiger partial charge in [-0.2, -0.15) is 5.10 Å². The summed E-state index contributed by atoms with van der Waals surface area (Å²) in [6, 6.07) is 3.62. The highest BCUT2D eigenvalue weighted by atomic mass is 35.5. The van der Waals surface area contributed by atoms with Gasteiger partial charge in [-0.15, -0.1) is 0 Å². The van der Waals surface area contributed by atoms with E-state index in [0.717, 1.165) is 43.7 Å². The molecule has 8 heteroatoms. The van der Waals surface area contributed by atoms with Crippen molar-refractivity contribution in [1.29, 1.82) is 0 Å². The average Bonchev–Trinajstić information content (AvgIpc) is 3.23. The minimum Gasteiger partial charge on any atom is -0.469 e. The Labute approximate surface area is 155 Å². The van der Waals surface area contributed by atoms with E-state index in [4.69, 9.17) is 16.0 Å². The smallest absolute Gasteiger partial charge is 0.255 e. The Morgan fingerprint density at radius 3 is 2.92 bits per heavy atom. The summed E-state index contributed by atoms with van der Waals surface area (Å²) in [7, 11) is 0. The third kappa shape index (κ3) is 3.45. The maximum Gasteiger partial charge on any atom is 0.255 e. The number of piperidine rings is 1. The van der Waals surface area contributed by atoms with E-state index < -0.39 is 0 Å². The largest absolute Gasteiger partial charge is 0.469 e. The van der Waals surface area contributed by atoms with Crippen LogP contribution in [0.15, 0.2) is 35.2 Å². The van der Waals surface area contributed by atoms with Crippen molar-refractivity contribution >= 4 is 23.2 Å². The van der Waals surface area contributed by atoms with Crippen molar-refractivity contribution in [3.63, 3.8) is 0 Å². The molecule has 0 aliphatic carbocycles. The molecule has 0 radical (unpaired) electrons. The van der Waals surface area contributed by atoms with E-state index >= 15 is 0 Å². The molecule has 0 bridgehead atoms. The summed E-state index contributed by atoms with van der Waals surface area (Å²) < 4.78 is 6.94. The number of hydrogen-bond donors (Lipinski definition) is 1. The third-order valence-electron chi connectivity index (χ3n) is 4.83. The Morgan fingerprint density at radius 2 is 2.19 bits per heavy atom. The number of hydrogen-bond acceptors (Lipinski definition) is 5. The van der Waals surface area contributed by atoms with Gasteiger partial charge in [0, 0.05) is 37.4 Å². The Kier molecular flexibility index (Phi) is 4.65. The van der Waals surface area contributed by atoms with Gasteiger partial charge in [-0.3, -0.25) is 9.69 Å². The fraction of sp³-hybridized carbons (Fsp3) is 0.389. The quantitative estimate of drug-likeness (QED) is 0.711. The van der Waals surface area contributed by atoms with E-state index in [0.29, 0.717) is 16.5 Å². The van der Waals surface area contributed by atoms with Crippen molar-refractivity contribution in [3.05, 3.63) is 52.8 Å². The Bertz CT molecular complexity index is 927. The Hall–Kier alpha value is -2.38. The first kappa shape index (κ1) is 17.1. The van der Waals surface area contributed by atoms with Crippen LogP contribution in [-0.4, -0.2) is 44.5 Å². The summed E-state index contributed by atoms with van der Waals surface area (Å²) in [4.78, 5) is 19.0. The molecule has 1 N–H and O–H groups in total. The predicted molar refractivity (Wildman–Crippen MR) is 97.2 cm³/mol. The van der Waals surface area contributed by atoms with Gasteiger partial charge in [0.1, 0.15) is 10.9 Å². The maximum atomic E-state index is 12.3. The molecule has 26 heavy (non-hydrogen) atoms. The Balaban J connectivity index is 1.34. The molecule has 0 saturated carbocycles. The lowest BCUT2D eigenvalue weighted by Crippen LogP contribution is -2.44. The second kappa shape index (κ2) is 7.09. The molecule has 3 aromatic rings. The van der Waals surface area contributed by atoms with Crippen LogP contribution in [0.3, 0.4) is 0 Å². The SMILES string of the molecule is Cc1occc1C(=O)NC1CCN(Cc2cnn3ccc(Cl)nc23)CC1. The normalized spacial score (nSPS) is 16.2. The molecule has 1 saturated heterocycles. The van der Waals surface area contributed by atoms with E-state index in [9.17, 15) is 4.79 Å². The van der Waals surface area contributed by atoms with Crippen molar-refractivity contribution in [1.82, 2.24) is 24.8 Å². The molecular formula is C18H20ClN5O2. The van der Waals surface area contributed by atoms with Crippen molar-refractivity contribution in [2.24, 2.45) is 0 Å². The lowest BCUT2D eigenvalue weighted by atomic mass is 10.0. The van der Waals surface area contributed by atoms with Gasteiger partial charge in [0.2, 0.25) is 0 Å². The van der Waals surface area contributed by atoms with Crippen LogP contribution < -0.4 is 5.32 Å². The Morgan fingerprint density at radius 1 is 1.38 bits per heavy atom. The topological polar surface area (TPSA) is 75.7 Å². The first-order valence-electron chi connectivity index (χ1n) is 8.66. The van der Waals surface area contributed by atoms with Crippen molar-refractivity contribution in [2.45, 2.75) is 32.4 Å². The lowest BCUT2D eigenvalue weighted by Gasteiger charge is -2.32. The first-order valence-corrected chi connectivity index (χ1v) is 9.04. The number of amides is 1. The van der Waals surface area contributed by atoms with Crippen LogP contribution in [-0.2, 0) is 6.54 Å². The minimum atomic E-state index is -0.0591. The van der Waals surface area contributed by atoms with E-state index in [1.165, 1.54) is 0 Å². The molecule has 1 aliphatic rings. The van der Waals surface area contributed by atoms with Gasteiger partial charge in [-0.1, -0.05) is 11.6 Å². The van der Waals surface area contributed by atoms with Crippen LogP contribution >= 0.6 is 11.6 Å². The van der Waals surface area contributed by atoms with Crippen molar-refractivity contribution in [3.8, 4) is 0 Å². The predicted octanol–water partition coefficient (Wildman–Crippen LogP) is 2.68. The number of rotatable bonds is 4. The molecular weight excluding hydrogens is 354 g/mol. The second-order valence-electron chi connectivity index (χ2n) is 6.60. The number of carbonyl (C=O) groups excluding carboxylic acids is 1. The van der Waals surface area contributed by atoms with Gasteiger partial charge in [0.05, 0.1) is 18.0 Å². The van der Waals surface area contributed by atoms with Crippen LogP contribution in [0, 0.1) is 6.92 Å². The number of aromatic nitrogens is 3. The van der Waals surface area contributed by atoms with Gasteiger partial charge in [0.15, 0.2) is 5.65 Å². The molecule has 3 aromatic heterocycles. The van der Waals surface area contributed by atoms with Gasteiger partial charge < -0.3 is 9.73 Å². The molecule has 1 fully saturated rings. The van der Waals surface area contributed by atoms with Crippen LogP contribution in [0.4, 0.5) is 0 Å². The summed E-state index contributed by atoms with van der Waals surface area (Å²) in [6.45, 7) is 4.40. The molecule has 0 aromatic carbocycles. The summed E-state index contributed by atoms with van der Waals surface area (Å²) >= 11 is 6.00. The number of nitrogens with one attached hydrogen (secondary N) is 1. The fourth-order valence-electron chi connectivity index (χ4n) is 3.37. The minimum absolute atomic E-state index is 0.0591. The maximum absolute atomic E-state index is 12.3. The number of halogens is 1. The third-order valence-corrected chi connectivity index (χ3v) is 5.04. The van der Waals surface area contributed by atoms with E-state index in [1.807, 2.05) is 12.4 Å². The zero-order valence-electron chi connectivity index (χ0n) is 14.5. The molecule has 0 spiro atoms. The number of likely N-dealkylation sites (tertiary alicyclic amines) is 1. The van der Waals surface area contributed by atoms with Crippen LogP contribution in [0.1, 0.15) is 34.5 Å². The molecule has 1 amide bonds. The zero-order chi connectivity index (χ0) is 18.1. The van der Waals surface area contributed by atoms with Gasteiger partial charge >= 0.3 is 0 Å². The molecule has 4 heterocycles. The summed E-state index contributed by atoms with van der Waals surface area (Å²) in [6.07, 6.45) is 7.03. The highest BCUT2D eigenvalue weighted by Crippen LogP contribution is 2.18. The highest BCUT2D eigenvalue weighted by molar-refractivity contribution is 6.29. The average molecular weight is 374 g/mol. The number of fused-ring (bicyclic) bond motifs is 1. The summed E-state index contributed by atoms with van der Waals surface area (Å²) in [5, 5.41) is 7.89. The van der Waals surface area contributed by atoms with Crippen molar-refractivity contribution in [2.75, 3.05) is 13.1 Å².